The van der Waals surface area contributed by atoms with Gasteiger partial charge < -0.3 is 15.2 Å². The number of ketones is 1. The Balaban J connectivity index is 0.00000225. The van der Waals surface area contributed by atoms with Gasteiger partial charge >= 0.3 is 0 Å². The topological polar surface area (TPSA) is 58.6 Å². The minimum absolute atomic E-state index is 0. The summed E-state index contributed by atoms with van der Waals surface area (Å²) in [5.41, 5.74) is 0.916. The molecule has 1 aromatic carbocycles. The van der Waals surface area contributed by atoms with Crippen molar-refractivity contribution in [3.05, 3.63) is 50.1 Å². The van der Waals surface area contributed by atoms with Crippen LogP contribution < -0.4 is 10.1 Å². The fourth-order valence-corrected chi connectivity index (χ4v) is 5.40. The van der Waals surface area contributed by atoms with Gasteiger partial charge in [-0.15, -0.1) is 23.7 Å². The summed E-state index contributed by atoms with van der Waals surface area (Å²) in [4.78, 5) is 15.2. The van der Waals surface area contributed by atoms with Crippen LogP contribution in [-0.4, -0.2) is 35.7 Å². The largest absolute Gasteiger partial charge is 0.488 e. The van der Waals surface area contributed by atoms with Crippen molar-refractivity contribution >= 4 is 45.5 Å². The molecule has 0 saturated heterocycles. The van der Waals surface area contributed by atoms with Crippen LogP contribution in [0.4, 0.5) is 0 Å². The van der Waals surface area contributed by atoms with E-state index < -0.39 is 6.10 Å². The van der Waals surface area contributed by atoms with E-state index in [0.29, 0.717) is 6.54 Å². The quantitative estimate of drug-likeness (QED) is 0.651. The highest BCUT2D eigenvalue weighted by atomic mass is 79.9. The number of carbonyl (C=O) groups excluding carboxylic acids is 1. The summed E-state index contributed by atoms with van der Waals surface area (Å²) in [5, 5.41) is 14.1. The molecule has 2 aromatic rings. The Labute approximate surface area is 184 Å². The lowest BCUT2D eigenvalue weighted by molar-refractivity contribution is 0.0441. The molecule has 1 unspecified atom stereocenters. The van der Waals surface area contributed by atoms with Crippen LogP contribution in [-0.2, 0) is 6.42 Å². The van der Waals surface area contributed by atoms with Gasteiger partial charge in [0.05, 0.1) is 0 Å². The minimum Gasteiger partial charge on any atom is -0.488 e. The molecule has 0 bridgehead atoms. The Morgan fingerprint density at radius 3 is 2.75 bits per heavy atom. The van der Waals surface area contributed by atoms with Crippen LogP contribution in [0.25, 0.3) is 0 Å². The van der Waals surface area contributed by atoms with Gasteiger partial charge in [-0.25, -0.2) is 0 Å². The summed E-state index contributed by atoms with van der Waals surface area (Å²) in [6.45, 7) is 2.68. The van der Waals surface area contributed by atoms with Crippen molar-refractivity contribution in [1.82, 2.24) is 5.32 Å². The lowest BCUT2D eigenvalue weighted by Gasteiger charge is -2.25. The zero-order valence-corrected chi connectivity index (χ0v) is 18.9. The first-order valence-corrected chi connectivity index (χ1v) is 11.1. The number of halogens is 2. The maximum absolute atomic E-state index is 12.7. The Morgan fingerprint density at radius 1 is 1.25 bits per heavy atom. The predicted octanol–water partition coefficient (Wildman–Crippen LogP) is 4.55. The van der Waals surface area contributed by atoms with E-state index in [9.17, 15) is 9.90 Å². The number of ether oxygens (including phenoxy) is 1. The highest BCUT2D eigenvalue weighted by molar-refractivity contribution is 9.10. The molecule has 0 spiro atoms. The SMILES string of the molecule is Cc1cc2c(s1)CCC(CN[C@@H]1CC[C@@H](Oc3ccc(Br)cc3)[C@H]1O)C2=O.Cl. The maximum Gasteiger partial charge on any atom is 0.168 e. The van der Waals surface area contributed by atoms with Gasteiger partial charge in [0.15, 0.2) is 5.78 Å². The van der Waals surface area contributed by atoms with Crippen LogP contribution in [0.15, 0.2) is 34.8 Å². The van der Waals surface area contributed by atoms with E-state index in [2.05, 4.69) is 28.2 Å². The van der Waals surface area contributed by atoms with E-state index in [1.165, 1.54) is 9.75 Å². The van der Waals surface area contributed by atoms with Crippen molar-refractivity contribution in [2.75, 3.05) is 6.54 Å². The van der Waals surface area contributed by atoms with Gasteiger partial charge in [-0.1, -0.05) is 15.9 Å². The molecule has 1 fully saturated rings. The average Bonchev–Trinajstić information content (AvgIpc) is 3.20. The molecule has 1 heterocycles. The number of hydrogen-bond donors (Lipinski definition) is 2. The summed E-state index contributed by atoms with van der Waals surface area (Å²) >= 11 is 5.15. The molecule has 2 aliphatic carbocycles. The third-order valence-electron chi connectivity index (χ3n) is 5.57. The molecular formula is C21H25BrClNO3S. The standard InChI is InChI=1S/C21H24BrNO3S.ClH/c1-12-10-16-19(27-12)9-2-13(20(16)24)11-23-17-7-8-18(21(17)25)26-15-5-3-14(22)4-6-15;/h3-6,10,13,17-18,21,23,25H,2,7-9,11H2,1H3;1H/t13?,17-,18-,21+;/m1./s1. The van der Waals surface area contributed by atoms with Gasteiger partial charge in [-0.3, -0.25) is 4.79 Å². The number of hydrogen-bond acceptors (Lipinski definition) is 5. The Morgan fingerprint density at radius 2 is 2.00 bits per heavy atom. The summed E-state index contributed by atoms with van der Waals surface area (Å²) in [6.07, 6.45) is 2.76. The van der Waals surface area contributed by atoms with Crippen molar-refractivity contribution in [3.63, 3.8) is 0 Å². The van der Waals surface area contributed by atoms with E-state index in [-0.39, 0.29) is 36.3 Å². The first kappa shape index (κ1) is 21.8. The summed E-state index contributed by atoms with van der Waals surface area (Å²) in [7, 11) is 0. The number of aryl methyl sites for hydroxylation is 2. The number of fused-ring (bicyclic) bond motifs is 1. The second-order valence-electron chi connectivity index (χ2n) is 7.49. The van der Waals surface area contributed by atoms with Gasteiger partial charge in [0, 0.05) is 38.3 Å². The van der Waals surface area contributed by atoms with Crippen LogP contribution in [0.3, 0.4) is 0 Å². The zero-order chi connectivity index (χ0) is 19.0. The normalized spacial score (nSPS) is 26.6. The van der Waals surface area contributed by atoms with E-state index in [1.807, 2.05) is 30.3 Å². The fraction of sp³-hybridized carbons (Fsp3) is 0.476. The van der Waals surface area contributed by atoms with Gasteiger partial charge in [0.1, 0.15) is 18.0 Å². The van der Waals surface area contributed by atoms with E-state index in [0.717, 1.165) is 41.5 Å². The number of thiophene rings is 1. The number of nitrogens with one attached hydrogen (secondary N) is 1. The van der Waals surface area contributed by atoms with Crippen molar-refractivity contribution in [1.29, 1.82) is 0 Å². The van der Waals surface area contributed by atoms with Crippen LogP contribution in [0.2, 0.25) is 0 Å². The number of aliphatic hydroxyl groups excluding tert-OH is 1. The Bertz CT molecular complexity index is 826. The van der Waals surface area contributed by atoms with Crippen molar-refractivity contribution < 1.29 is 14.6 Å². The summed E-state index contributed by atoms with van der Waals surface area (Å²) in [5.74, 6) is 1.03. The molecular weight excluding hydrogens is 462 g/mol. The molecule has 152 valence electrons. The summed E-state index contributed by atoms with van der Waals surface area (Å²) < 4.78 is 6.96. The number of benzene rings is 1. The number of rotatable bonds is 5. The first-order valence-electron chi connectivity index (χ1n) is 9.48. The molecule has 4 rings (SSSR count). The fourth-order valence-electron chi connectivity index (χ4n) is 4.09. The van der Waals surface area contributed by atoms with Crippen LogP contribution in [0.5, 0.6) is 5.75 Å². The lowest BCUT2D eigenvalue weighted by atomic mass is 9.87. The highest BCUT2D eigenvalue weighted by Gasteiger charge is 2.37. The molecule has 4 atom stereocenters. The second kappa shape index (κ2) is 9.26. The van der Waals surface area contributed by atoms with Crippen molar-refractivity contribution in [2.45, 2.75) is 50.9 Å². The monoisotopic (exact) mass is 485 g/mol. The second-order valence-corrected chi connectivity index (χ2v) is 9.74. The lowest BCUT2D eigenvalue weighted by Crippen LogP contribution is -2.44. The zero-order valence-electron chi connectivity index (χ0n) is 15.7. The van der Waals surface area contributed by atoms with E-state index in [4.69, 9.17) is 4.74 Å². The number of carbonyl (C=O) groups is 1. The highest BCUT2D eigenvalue weighted by Crippen LogP contribution is 2.32. The molecule has 4 nitrogen and oxygen atoms in total. The van der Waals surface area contributed by atoms with Gasteiger partial charge in [0.25, 0.3) is 0 Å². The molecule has 28 heavy (non-hydrogen) atoms. The van der Waals surface area contributed by atoms with Gasteiger partial charge in [0.2, 0.25) is 0 Å². The Kier molecular flexibility index (Phi) is 7.21. The Hall–Kier alpha value is -0.920. The third-order valence-corrected chi connectivity index (χ3v) is 7.21. The number of aliphatic hydroxyl groups is 1. The average molecular weight is 487 g/mol. The minimum atomic E-state index is -0.564. The molecule has 0 aliphatic heterocycles. The van der Waals surface area contributed by atoms with Gasteiger partial charge in [-0.05, 0) is 62.9 Å². The molecule has 0 amide bonds. The van der Waals surface area contributed by atoms with Gasteiger partial charge in [-0.2, -0.15) is 0 Å². The molecule has 2 N–H and O–H groups in total. The van der Waals surface area contributed by atoms with E-state index >= 15 is 0 Å². The first-order chi connectivity index (χ1) is 13.0. The smallest absolute Gasteiger partial charge is 0.168 e. The molecule has 1 aromatic heterocycles. The molecule has 0 radical (unpaired) electrons. The van der Waals surface area contributed by atoms with Crippen molar-refractivity contribution in [3.8, 4) is 5.75 Å². The van der Waals surface area contributed by atoms with Crippen LogP contribution >= 0.6 is 39.7 Å². The van der Waals surface area contributed by atoms with Crippen LogP contribution in [0, 0.1) is 12.8 Å². The molecule has 1 saturated carbocycles. The molecule has 7 heteroatoms. The predicted molar refractivity (Wildman–Crippen MR) is 118 cm³/mol. The number of Topliss-reactive ketones (excluding diaryl/α,β-unsaturated/α-hetero) is 1. The van der Waals surface area contributed by atoms with Crippen molar-refractivity contribution in [2.24, 2.45) is 5.92 Å². The third kappa shape index (κ3) is 4.62. The summed E-state index contributed by atoms with van der Waals surface area (Å²) in [6, 6.07) is 9.67. The maximum atomic E-state index is 12.7. The molecule has 2 aliphatic rings. The van der Waals surface area contributed by atoms with E-state index in [1.54, 1.807) is 11.3 Å². The van der Waals surface area contributed by atoms with Crippen LogP contribution in [0.1, 0.15) is 39.4 Å².